The lowest BCUT2D eigenvalue weighted by molar-refractivity contribution is -0.104. The molecule has 0 aromatic carbocycles. The summed E-state index contributed by atoms with van der Waals surface area (Å²) in [6.07, 6.45) is 36.2. The summed E-state index contributed by atoms with van der Waals surface area (Å²) in [5.74, 6) is 0. The molecule has 0 aromatic heterocycles. The van der Waals surface area contributed by atoms with Gasteiger partial charge in [0.15, 0.2) is 0 Å². The summed E-state index contributed by atoms with van der Waals surface area (Å²) in [5, 5.41) is 0. The van der Waals surface area contributed by atoms with Crippen LogP contribution in [0.1, 0.15) is 142 Å². The molecule has 0 saturated carbocycles. The first-order valence-electron chi connectivity index (χ1n) is 13.9. The monoisotopic (exact) mass is 433 g/mol. The van der Waals surface area contributed by atoms with Crippen LogP contribution in [-0.2, 0) is 4.79 Å². The maximum Gasteiger partial charge on any atom is 0.142 e. The smallest absolute Gasteiger partial charge is 0.142 e. The fraction of sp³-hybridized carbons (Fsp3) is 0.828. The van der Waals surface area contributed by atoms with Gasteiger partial charge < -0.3 is 4.90 Å². The molecule has 0 unspecified atom stereocenters. The number of nitrogens with zero attached hydrogens (tertiary/aromatic N) is 1. The molecular weight excluding hydrogens is 378 g/mol. The van der Waals surface area contributed by atoms with Crippen LogP contribution in [0.15, 0.2) is 24.4 Å². The van der Waals surface area contributed by atoms with E-state index in [1.54, 1.807) is 6.08 Å². The molecule has 0 aliphatic heterocycles. The molecule has 31 heavy (non-hydrogen) atoms. The van der Waals surface area contributed by atoms with Crippen LogP contribution in [-0.4, -0.2) is 24.3 Å². The Balaban J connectivity index is 3.79. The molecule has 0 rings (SSSR count). The molecule has 2 heteroatoms. The van der Waals surface area contributed by atoms with Crippen LogP contribution in [0, 0.1) is 0 Å². The molecule has 0 spiro atoms. The topological polar surface area (TPSA) is 20.3 Å². The van der Waals surface area contributed by atoms with Crippen LogP contribution in [0.4, 0.5) is 0 Å². The molecule has 0 aliphatic carbocycles. The number of aldehydes is 1. The highest BCUT2D eigenvalue weighted by molar-refractivity contribution is 5.65. The molecule has 0 radical (unpaired) electrons. The van der Waals surface area contributed by atoms with E-state index < -0.39 is 0 Å². The van der Waals surface area contributed by atoms with Crippen molar-refractivity contribution in [2.24, 2.45) is 0 Å². The molecule has 0 amide bonds. The summed E-state index contributed by atoms with van der Waals surface area (Å²) in [4.78, 5) is 12.9. The third-order valence-corrected chi connectivity index (χ3v) is 6.20. The van der Waals surface area contributed by atoms with E-state index >= 15 is 0 Å². The number of hydrogen-bond donors (Lipinski definition) is 0. The van der Waals surface area contributed by atoms with Gasteiger partial charge in [0.25, 0.3) is 0 Å². The standard InChI is InChI=1S/C29H55NO/c1-3-5-7-9-11-13-15-17-19-22-26-30(28-24-21-25-29-31)27-23-20-18-16-14-12-10-8-6-4-2/h21,24-25,28-29H,3-20,22-23,26-27H2,1-2H3/b25-21+,28-24+. The van der Waals surface area contributed by atoms with E-state index in [-0.39, 0.29) is 0 Å². The molecule has 0 aliphatic rings. The van der Waals surface area contributed by atoms with Crippen LogP contribution in [0.5, 0.6) is 0 Å². The van der Waals surface area contributed by atoms with Crippen molar-refractivity contribution in [1.29, 1.82) is 0 Å². The van der Waals surface area contributed by atoms with E-state index in [9.17, 15) is 4.79 Å². The number of allylic oxidation sites excluding steroid dienone is 3. The van der Waals surface area contributed by atoms with Gasteiger partial charge in [-0.15, -0.1) is 0 Å². The van der Waals surface area contributed by atoms with Gasteiger partial charge in [-0.2, -0.15) is 0 Å². The number of unbranched alkanes of at least 4 members (excludes halogenated alkanes) is 18. The lowest BCUT2D eigenvalue weighted by Crippen LogP contribution is -2.20. The predicted molar refractivity (Wildman–Crippen MR) is 140 cm³/mol. The fourth-order valence-electron chi connectivity index (χ4n) is 4.15. The van der Waals surface area contributed by atoms with Gasteiger partial charge >= 0.3 is 0 Å². The van der Waals surface area contributed by atoms with Gasteiger partial charge in [-0.25, -0.2) is 0 Å². The number of rotatable bonds is 25. The fourth-order valence-corrected chi connectivity index (χ4v) is 4.15. The van der Waals surface area contributed by atoms with Gasteiger partial charge in [0.2, 0.25) is 0 Å². The Morgan fingerprint density at radius 1 is 0.452 bits per heavy atom. The summed E-state index contributed by atoms with van der Waals surface area (Å²) in [6, 6.07) is 0. The minimum atomic E-state index is 0.846. The van der Waals surface area contributed by atoms with Gasteiger partial charge in [-0.1, -0.05) is 135 Å². The first kappa shape index (κ1) is 29.9. The zero-order valence-corrected chi connectivity index (χ0v) is 21.3. The van der Waals surface area contributed by atoms with Gasteiger partial charge in [0.05, 0.1) is 0 Å². The first-order chi connectivity index (χ1) is 15.3. The Labute approximate surface area is 195 Å². The highest BCUT2D eigenvalue weighted by Crippen LogP contribution is 2.13. The predicted octanol–water partition coefficient (Wildman–Crippen LogP) is 9.40. The second-order valence-electron chi connectivity index (χ2n) is 9.26. The highest BCUT2D eigenvalue weighted by atomic mass is 16.1. The molecular formula is C29H55NO. The summed E-state index contributed by atoms with van der Waals surface area (Å²) in [5.41, 5.74) is 0. The molecule has 0 aromatic rings. The molecule has 2 nitrogen and oxygen atoms in total. The molecule has 0 bridgehead atoms. The van der Waals surface area contributed by atoms with Gasteiger partial charge in [-0.3, -0.25) is 4.79 Å². The van der Waals surface area contributed by atoms with Crippen molar-refractivity contribution >= 4 is 6.29 Å². The Kier molecular flexibility index (Phi) is 26.1. The van der Waals surface area contributed by atoms with Crippen molar-refractivity contribution in [3.05, 3.63) is 24.4 Å². The average molecular weight is 434 g/mol. The molecule has 0 saturated heterocycles. The largest absolute Gasteiger partial charge is 0.377 e. The Bertz CT molecular complexity index is 378. The zero-order chi connectivity index (χ0) is 22.7. The second-order valence-corrected chi connectivity index (χ2v) is 9.26. The molecule has 0 atom stereocenters. The van der Waals surface area contributed by atoms with Crippen molar-refractivity contribution in [2.75, 3.05) is 13.1 Å². The summed E-state index contributed by atoms with van der Waals surface area (Å²) < 4.78 is 0. The zero-order valence-electron chi connectivity index (χ0n) is 21.3. The highest BCUT2D eigenvalue weighted by Gasteiger charge is 2.00. The molecule has 182 valence electrons. The van der Waals surface area contributed by atoms with Gasteiger partial charge in [0, 0.05) is 13.1 Å². The van der Waals surface area contributed by atoms with E-state index in [0.717, 1.165) is 19.4 Å². The Morgan fingerprint density at radius 2 is 0.806 bits per heavy atom. The summed E-state index contributed by atoms with van der Waals surface area (Å²) in [7, 11) is 0. The van der Waals surface area contributed by atoms with Crippen LogP contribution in [0.3, 0.4) is 0 Å². The first-order valence-corrected chi connectivity index (χ1v) is 13.9. The summed E-state index contributed by atoms with van der Waals surface area (Å²) in [6.45, 7) is 6.87. The maximum absolute atomic E-state index is 10.5. The van der Waals surface area contributed by atoms with E-state index in [2.05, 4.69) is 24.9 Å². The Hall–Kier alpha value is -1.05. The van der Waals surface area contributed by atoms with Crippen molar-refractivity contribution in [3.63, 3.8) is 0 Å². The minimum absolute atomic E-state index is 0.846. The number of carbonyl (C=O) groups excluding carboxylic acids is 1. The van der Waals surface area contributed by atoms with E-state index in [1.807, 2.05) is 12.2 Å². The van der Waals surface area contributed by atoms with Gasteiger partial charge in [0.1, 0.15) is 6.29 Å². The van der Waals surface area contributed by atoms with Crippen molar-refractivity contribution in [1.82, 2.24) is 4.90 Å². The molecule has 0 N–H and O–H groups in total. The van der Waals surface area contributed by atoms with Crippen LogP contribution in [0.25, 0.3) is 0 Å². The third kappa shape index (κ3) is 25.1. The second kappa shape index (κ2) is 27.0. The maximum atomic E-state index is 10.5. The van der Waals surface area contributed by atoms with Gasteiger partial charge in [-0.05, 0) is 31.2 Å². The quantitative estimate of drug-likeness (QED) is 0.0618. The Morgan fingerprint density at radius 3 is 1.16 bits per heavy atom. The van der Waals surface area contributed by atoms with Crippen molar-refractivity contribution < 1.29 is 4.79 Å². The SMILES string of the molecule is CCCCCCCCCCCCN(/C=C/C=C/C=O)CCCCCCCCCCCC. The van der Waals surface area contributed by atoms with E-state index in [1.165, 1.54) is 128 Å². The third-order valence-electron chi connectivity index (χ3n) is 6.20. The number of carbonyl (C=O) groups is 1. The normalized spacial score (nSPS) is 11.7. The van der Waals surface area contributed by atoms with Crippen molar-refractivity contribution in [2.45, 2.75) is 142 Å². The van der Waals surface area contributed by atoms with E-state index in [4.69, 9.17) is 0 Å². The van der Waals surface area contributed by atoms with E-state index in [0.29, 0.717) is 0 Å². The number of hydrogen-bond acceptors (Lipinski definition) is 2. The molecule has 0 fully saturated rings. The van der Waals surface area contributed by atoms with Crippen LogP contribution >= 0.6 is 0 Å². The molecule has 0 heterocycles. The van der Waals surface area contributed by atoms with Crippen molar-refractivity contribution in [3.8, 4) is 0 Å². The average Bonchev–Trinajstić information content (AvgIpc) is 2.78. The van der Waals surface area contributed by atoms with Crippen LogP contribution in [0.2, 0.25) is 0 Å². The lowest BCUT2D eigenvalue weighted by Gasteiger charge is -2.20. The minimum Gasteiger partial charge on any atom is -0.377 e. The lowest BCUT2D eigenvalue weighted by atomic mass is 10.1. The summed E-state index contributed by atoms with van der Waals surface area (Å²) >= 11 is 0. The van der Waals surface area contributed by atoms with Crippen LogP contribution < -0.4 is 0 Å².